The molecule has 0 N–H and O–H groups in total. The van der Waals surface area contributed by atoms with E-state index in [1.54, 1.807) is 0 Å². The third-order valence-corrected chi connectivity index (χ3v) is 0.158. The number of rotatable bonds is 0. The van der Waals surface area contributed by atoms with Crippen LogP contribution in [0.1, 0.15) is 13.3 Å². The Morgan fingerprint density at radius 3 is 1.86 bits per heavy atom. The van der Waals surface area contributed by atoms with Gasteiger partial charge in [-0.3, -0.25) is 0 Å². The van der Waals surface area contributed by atoms with Gasteiger partial charge in [0.2, 0.25) is 0 Å². The third kappa shape index (κ3) is 42.4. The summed E-state index contributed by atoms with van der Waals surface area (Å²) in [5.41, 5.74) is 0. The molecule has 0 aliphatic heterocycles. The number of hydrogen-bond acceptors (Lipinski definition) is 1. The molecule has 0 rings (SSSR count). The van der Waals surface area contributed by atoms with Crippen LogP contribution in [0.25, 0.3) is 0 Å². The van der Waals surface area contributed by atoms with Crippen molar-refractivity contribution >= 4 is 27.2 Å². The van der Waals surface area contributed by atoms with Gasteiger partial charge < -0.3 is 0 Å². The first-order valence-corrected chi connectivity index (χ1v) is 15.7. The Balaban J connectivity index is 0. The standard InChI is InChI=1S/C3H5N.2BrH.Zn/c1-2-3-4;;;/h2H2,1H3;2*1H;/q;;;+2/p-2. The molecule has 0 unspecified atom stereocenters. The Kier molecular flexibility index (Phi) is 24.6. The molecule has 0 bridgehead atoms. The molecule has 0 fully saturated rings. The minimum absolute atomic E-state index is 0.250. The number of hydrogen-bond donors (Lipinski definition) is 0. The SMILES string of the molecule is CCC#N.[Br][Zn][Br]. The molecule has 0 saturated carbocycles. The molecule has 0 aliphatic rings. The predicted octanol–water partition coefficient (Wildman–Crippen LogP) is 2.61. The number of nitriles is 1. The number of nitrogens with zero attached hydrogens (tertiary/aromatic N) is 1. The van der Waals surface area contributed by atoms with E-state index in [0.717, 1.165) is 0 Å². The fraction of sp³-hybridized carbons (Fsp3) is 0.667. The molecule has 0 aromatic heterocycles. The van der Waals surface area contributed by atoms with Gasteiger partial charge in [-0.25, -0.2) is 0 Å². The average molecular weight is 280 g/mol. The van der Waals surface area contributed by atoms with Gasteiger partial charge in [0.15, 0.2) is 0 Å². The van der Waals surface area contributed by atoms with E-state index in [-0.39, 0.29) is 13.2 Å². The molecule has 0 aromatic rings. The second kappa shape index (κ2) is 15.7. The van der Waals surface area contributed by atoms with Gasteiger partial charge >= 0.3 is 40.5 Å². The number of halogens is 2. The summed E-state index contributed by atoms with van der Waals surface area (Å²) in [5, 5.41) is 7.62. The van der Waals surface area contributed by atoms with Crippen molar-refractivity contribution in [3.05, 3.63) is 0 Å². The Morgan fingerprint density at radius 1 is 1.71 bits per heavy atom. The first-order valence-electron chi connectivity index (χ1n) is 1.82. The van der Waals surface area contributed by atoms with Gasteiger partial charge in [0, 0.05) is 6.42 Å². The van der Waals surface area contributed by atoms with E-state index < -0.39 is 0 Å². The fourth-order valence-corrected chi connectivity index (χ4v) is 0. The second-order valence-corrected chi connectivity index (χ2v) is 14.7. The van der Waals surface area contributed by atoms with E-state index in [1.807, 2.05) is 13.0 Å². The summed E-state index contributed by atoms with van der Waals surface area (Å²) in [6, 6.07) is 1.93. The van der Waals surface area contributed by atoms with E-state index in [1.165, 1.54) is 0 Å². The maximum atomic E-state index is 7.62. The average Bonchev–Trinajstić information content (AvgIpc) is 1.69. The van der Waals surface area contributed by atoms with Crippen molar-refractivity contribution in [3.8, 4) is 6.07 Å². The van der Waals surface area contributed by atoms with E-state index in [2.05, 4.69) is 27.2 Å². The Labute approximate surface area is 64.8 Å². The summed E-state index contributed by atoms with van der Waals surface area (Å²) < 4.78 is 0. The van der Waals surface area contributed by atoms with E-state index in [9.17, 15) is 0 Å². The summed E-state index contributed by atoms with van der Waals surface area (Å²) in [6.07, 6.45) is 0.625. The molecular weight excluding hydrogens is 275 g/mol. The van der Waals surface area contributed by atoms with Crippen LogP contribution in [-0.2, 0) is 13.2 Å². The molecule has 0 atom stereocenters. The van der Waals surface area contributed by atoms with Crippen LogP contribution >= 0.6 is 27.2 Å². The maximum absolute atomic E-state index is 7.62. The molecule has 0 heterocycles. The van der Waals surface area contributed by atoms with Crippen molar-refractivity contribution in [2.24, 2.45) is 0 Å². The van der Waals surface area contributed by atoms with Crippen LogP contribution in [0, 0.1) is 11.3 Å². The summed E-state index contributed by atoms with van der Waals surface area (Å²) in [7, 11) is 0. The normalized spacial score (nSPS) is 4.29. The van der Waals surface area contributed by atoms with Crippen molar-refractivity contribution in [3.63, 3.8) is 0 Å². The Bertz CT molecular complexity index is 51.4. The third-order valence-electron chi connectivity index (χ3n) is 0.158. The van der Waals surface area contributed by atoms with Crippen LogP contribution in [0.15, 0.2) is 0 Å². The van der Waals surface area contributed by atoms with E-state index in [0.29, 0.717) is 6.42 Å². The monoisotopic (exact) mass is 277 g/mol. The van der Waals surface area contributed by atoms with Gasteiger partial charge in [0.1, 0.15) is 0 Å². The van der Waals surface area contributed by atoms with Gasteiger partial charge in [0.05, 0.1) is 6.07 Å². The topological polar surface area (TPSA) is 23.8 Å². The van der Waals surface area contributed by atoms with Crippen LogP contribution in [-0.4, -0.2) is 0 Å². The van der Waals surface area contributed by atoms with Crippen LogP contribution in [0.5, 0.6) is 0 Å². The Morgan fingerprint density at radius 2 is 1.86 bits per heavy atom. The molecule has 0 saturated heterocycles. The zero-order valence-corrected chi connectivity index (χ0v) is 10.3. The van der Waals surface area contributed by atoms with E-state index in [4.69, 9.17) is 5.26 Å². The Hall–Kier alpha value is 1.07. The van der Waals surface area contributed by atoms with E-state index >= 15 is 0 Å². The van der Waals surface area contributed by atoms with Gasteiger partial charge in [-0.15, -0.1) is 0 Å². The van der Waals surface area contributed by atoms with Crippen LogP contribution in [0.3, 0.4) is 0 Å². The molecule has 0 radical (unpaired) electrons. The predicted molar refractivity (Wildman–Crippen MR) is 33.8 cm³/mol. The molecule has 1 nitrogen and oxygen atoms in total. The van der Waals surface area contributed by atoms with Crippen molar-refractivity contribution < 1.29 is 13.2 Å². The summed E-state index contributed by atoms with van der Waals surface area (Å²) in [5.74, 6) is 0. The molecule has 0 amide bonds. The first kappa shape index (κ1) is 11.0. The summed E-state index contributed by atoms with van der Waals surface area (Å²) >= 11 is 6.25. The van der Waals surface area contributed by atoms with Crippen molar-refractivity contribution in [1.29, 1.82) is 5.26 Å². The molecule has 0 spiro atoms. The van der Waals surface area contributed by atoms with Crippen LogP contribution in [0.4, 0.5) is 0 Å². The molecule has 0 aromatic carbocycles. The van der Waals surface area contributed by atoms with Crippen molar-refractivity contribution in [2.75, 3.05) is 0 Å². The molecule has 4 heteroatoms. The van der Waals surface area contributed by atoms with Gasteiger partial charge in [-0.1, -0.05) is 6.92 Å². The quantitative estimate of drug-likeness (QED) is 0.626. The molecule has 38 valence electrons. The van der Waals surface area contributed by atoms with Gasteiger partial charge in [0.25, 0.3) is 0 Å². The molecular formula is C3H5Br2NZn. The van der Waals surface area contributed by atoms with Gasteiger partial charge in [-0.2, -0.15) is 5.26 Å². The molecule has 7 heavy (non-hydrogen) atoms. The van der Waals surface area contributed by atoms with Crippen LogP contribution < -0.4 is 0 Å². The fourth-order valence-electron chi connectivity index (χ4n) is 0. The zero-order valence-electron chi connectivity index (χ0n) is 4.12. The summed E-state index contributed by atoms with van der Waals surface area (Å²) in [6.45, 7) is 1.82. The van der Waals surface area contributed by atoms with Crippen molar-refractivity contribution in [1.82, 2.24) is 0 Å². The molecule has 0 aliphatic carbocycles. The first-order chi connectivity index (χ1) is 3.33. The zero-order chi connectivity index (χ0) is 6.12. The summed E-state index contributed by atoms with van der Waals surface area (Å²) in [4.78, 5) is 0. The van der Waals surface area contributed by atoms with Crippen LogP contribution in [0.2, 0.25) is 0 Å². The van der Waals surface area contributed by atoms with Gasteiger partial charge in [-0.05, 0) is 0 Å². The minimum atomic E-state index is -0.250. The van der Waals surface area contributed by atoms with Crippen molar-refractivity contribution in [2.45, 2.75) is 13.3 Å². The second-order valence-electron chi connectivity index (χ2n) is 0.613.